The third-order valence-electron chi connectivity index (χ3n) is 7.45. The Morgan fingerprint density at radius 2 is 1.72 bits per heavy atom. The number of anilines is 3. The first kappa shape index (κ1) is 33.2. The second-order valence-corrected chi connectivity index (χ2v) is 13.3. The second-order valence-electron chi connectivity index (χ2n) is 13.3. The van der Waals surface area contributed by atoms with Gasteiger partial charge in [0.2, 0.25) is 5.88 Å². The number of aromatic nitrogens is 2. The van der Waals surface area contributed by atoms with Crippen LogP contribution in [0.3, 0.4) is 0 Å². The van der Waals surface area contributed by atoms with Crippen LogP contribution in [0.4, 0.5) is 36.0 Å². The largest absolute Gasteiger partial charge is 0.474 e. The number of nitrogens with zero attached hydrogens (tertiary/aromatic N) is 4. The summed E-state index contributed by atoms with van der Waals surface area (Å²) >= 11 is 0. The maximum absolute atomic E-state index is 16.6. The molecule has 0 radical (unpaired) electrons. The Morgan fingerprint density at radius 1 is 1.00 bits per heavy atom. The number of nitriles is 1. The van der Waals surface area contributed by atoms with Gasteiger partial charge < -0.3 is 18.9 Å². The molecule has 5 rings (SSSR count). The van der Waals surface area contributed by atoms with Gasteiger partial charge in [-0.2, -0.15) is 5.26 Å². The van der Waals surface area contributed by atoms with Crippen LogP contribution in [-0.2, 0) is 14.2 Å². The highest BCUT2D eigenvalue weighted by molar-refractivity contribution is 6.05. The summed E-state index contributed by atoms with van der Waals surface area (Å²) in [6.45, 7) is 12.4. The van der Waals surface area contributed by atoms with E-state index in [1.807, 2.05) is 0 Å². The van der Waals surface area contributed by atoms with Gasteiger partial charge in [-0.25, -0.2) is 28.7 Å². The monoisotopic (exact) mass is 648 g/mol. The normalized spacial score (nSPS) is 17.4. The number of nitrogens with one attached hydrogen (secondary N) is 2. The summed E-state index contributed by atoms with van der Waals surface area (Å²) in [5.74, 6) is -0.873. The highest BCUT2D eigenvalue weighted by atomic mass is 19.1. The van der Waals surface area contributed by atoms with Crippen molar-refractivity contribution >= 4 is 46.2 Å². The highest BCUT2D eigenvalue weighted by Gasteiger charge is 2.35. The Balaban J connectivity index is 1.59. The molecular weight excluding hydrogens is 611 g/mol. The zero-order valence-electron chi connectivity index (χ0n) is 27.3. The third-order valence-corrected chi connectivity index (χ3v) is 7.45. The molecule has 2 aromatic heterocycles. The number of carbonyl (C=O) groups excluding carboxylic acids is 3. The molecule has 3 heterocycles. The molecule has 14 heteroatoms. The summed E-state index contributed by atoms with van der Waals surface area (Å²) in [6, 6.07) is 5.13. The Bertz CT molecular complexity index is 1790. The Hall–Kier alpha value is -5.19. The smallest absolute Gasteiger partial charge is 0.415 e. The Labute approximate surface area is 271 Å². The van der Waals surface area contributed by atoms with Gasteiger partial charge >= 0.3 is 18.3 Å². The van der Waals surface area contributed by atoms with Gasteiger partial charge in [-0.05, 0) is 84.4 Å². The first-order valence-corrected chi connectivity index (χ1v) is 15.2. The van der Waals surface area contributed by atoms with Crippen molar-refractivity contribution in [2.45, 2.75) is 78.6 Å². The molecule has 1 aromatic carbocycles. The second kappa shape index (κ2) is 12.5. The van der Waals surface area contributed by atoms with E-state index in [2.05, 4.69) is 26.7 Å². The molecule has 1 aliphatic heterocycles. The van der Waals surface area contributed by atoms with Gasteiger partial charge in [0.1, 0.15) is 35.4 Å². The number of halogens is 1. The molecule has 1 saturated carbocycles. The van der Waals surface area contributed by atoms with Gasteiger partial charge in [-0.15, -0.1) is 0 Å². The van der Waals surface area contributed by atoms with Gasteiger partial charge in [0.15, 0.2) is 5.82 Å². The van der Waals surface area contributed by atoms with Crippen LogP contribution in [0.15, 0.2) is 24.5 Å². The third kappa shape index (κ3) is 7.29. The number of ether oxygens (including phenoxy) is 4. The molecule has 13 nitrogen and oxygen atoms in total. The summed E-state index contributed by atoms with van der Waals surface area (Å²) in [7, 11) is 0. The van der Waals surface area contributed by atoms with Crippen molar-refractivity contribution in [1.82, 2.24) is 9.97 Å². The number of fused-ring (bicyclic) bond motifs is 2. The standard InChI is InChI=1S/C33H37FN6O7/c1-17-21(15-37-28-27(17)40(10-11-44-28)31(43)47-33(5,6)7)20-12-19-13-24(38-29(41)45-23-9-8-18(23)14-35)36-16-22(19)26(25(20)34)39-30(42)46-32(2,3)4/h12-13,15-16,18,23H,8-11H2,1-7H3,(H,39,42)(H,36,38,41). The number of carbonyl (C=O) groups is 3. The maximum atomic E-state index is 16.6. The van der Waals surface area contributed by atoms with Gasteiger partial charge in [0, 0.05) is 28.9 Å². The molecule has 0 spiro atoms. The molecule has 0 saturated heterocycles. The van der Waals surface area contributed by atoms with Gasteiger partial charge in [0.05, 0.1) is 24.2 Å². The molecule has 248 valence electrons. The Morgan fingerprint density at radius 3 is 2.36 bits per heavy atom. The highest BCUT2D eigenvalue weighted by Crippen LogP contribution is 2.42. The lowest BCUT2D eigenvalue weighted by atomic mass is 9.83. The van der Waals surface area contributed by atoms with E-state index in [4.69, 9.17) is 24.2 Å². The summed E-state index contributed by atoms with van der Waals surface area (Å²) in [4.78, 5) is 48.7. The molecule has 3 amide bonds. The average molecular weight is 649 g/mol. The van der Waals surface area contributed by atoms with Crippen LogP contribution in [-0.4, -0.2) is 58.7 Å². The lowest BCUT2D eigenvalue weighted by molar-refractivity contribution is 0.0323. The first-order valence-electron chi connectivity index (χ1n) is 15.2. The number of hydrogen-bond acceptors (Lipinski definition) is 10. The topological polar surface area (TPSA) is 165 Å². The predicted molar refractivity (Wildman–Crippen MR) is 171 cm³/mol. The number of rotatable bonds is 4. The van der Waals surface area contributed by atoms with Crippen LogP contribution in [0, 0.1) is 30.0 Å². The fourth-order valence-corrected chi connectivity index (χ4v) is 5.20. The van der Waals surface area contributed by atoms with E-state index in [1.165, 1.54) is 29.4 Å². The van der Waals surface area contributed by atoms with E-state index in [-0.39, 0.29) is 47.4 Å². The average Bonchev–Trinajstić information content (AvgIpc) is 2.95. The Kier molecular flexibility index (Phi) is 8.85. The quantitative estimate of drug-likeness (QED) is 0.279. The van der Waals surface area contributed by atoms with Crippen molar-refractivity contribution in [2.24, 2.45) is 5.92 Å². The summed E-state index contributed by atoms with van der Waals surface area (Å²) in [5, 5.41) is 14.9. The number of amides is 3. The van der Waals surface area contributed by atoms with Crippen molar-refractivity contribution in [3.05, 3.63) is 35.9 Å². The minimum Gasteiger partial charge on any atom is -0.474 e. The van der Waals surface area contributed by atoms with Gasteiger partial charge in [-0.3, -0.25) is 15.5 Å². The number of benzene rings is 1. The van der Waals surface area contributed by atoms with E-state index in [0.29, 0.717) is 35.0 Å². The molecule has 1 fully saturated rings. The molecule has 3 aromatic rings. The number of hydrogen-bond donors (Lipinski definition) is 2. The fourth-order valence-electron chi connectivity index (χ4n) is 5.20. The van der Waals surface area contributed by atoms with Crippen molar-refractivity contribution in [3.8, 4) is 23.1 Å². The van der Waals surface area contributed by atoms with Gasteiger partial charge in [-0.1, -0.05) is 0 Å². The molecule has 47 heavy (non-hydrogen) atoms. The van der Waals surface area contributed by atoms with Crippen LogP contribution >= 0.6 is 0 Å². The first-order chi connectivity index (χ1) is 22.0. The fraction of sp³-hybridized carbons (Fsp3) is 0.455. The van der Waals surface area contributed by atoms with E-state index in [0.717, 1.165) is 0 Å². The molecule has 1 aliphatic carbocycles. The molecular formula is C33H37FN6O7. The maximum Gasteiger partial charge on any atom is 0.415 e. The summed E-state index contributed by atoms with van der Waals surface area (Å²) in [5.41, 5.74) is -0.676. The molecule has 2 atom stereocenters. The van der Waals surface area contributed by atoms with E-state index >= 15 is 4.39 Å². The van der Waals surface area contributed by atoms with E-state index in [9.17, 15) is 14.4 Å². The molecule has 2 N–H and O–H groups in total. The van der Waals surface area contributed by atoms with Crippen molar-refractivity contribution < 1.29 is 37.7 Å². The van der Waals surface area contributed by atoms with Crippen LogP contribution in [0.1, 0.15) is 59.9 Å². The minimum absolute atomic E-state index is 0.0390. The molecule has 2 unspecified atom stereocenters. The SMILES string of the molecule is Cc1c(-c2cc3cc(NC(=O)OC4CCC4C#N)ncc3c(NC(=O)OC(C)(C)C)c2F)cnc2c1N(C(=O)OC(C)(C)C)CCO2. The summed E-state index contributed by atoms with van der Waals surface area (Å²) in [6.07, 6.45) is 1.19. The van der Waals surface area contributed by atoms with Crippen molar-refractivity contribution in [3.63, 3.8) is 0 Å². The van der Waals surface area contributed by atoms with Crippen LogP contribution in [0.2, 0.25) is 0 Å². The van der Waals surface area contributed by atoms with Crippen LogP contribution in [0.5, 0.6) is 5.88 Å². The lowest BCUT2D eigenvalue weighted by Gasteiger charge is -2.32. The molecule has 0 bridgehead atoms. The predicted octanol–water partition coefficient (Wildman–Crippen LogP) is 7.08. The van der Waals surface area contributed by atoms with E-state index in [1.54, 1.807) is 48.5 Å². The zero-order valence-corrected chi connectivity index (χ0v) is 27.3. The zero-order chi connectivity index (χ0) is 34.3. The number of pyridine rings is 2. The summed E-state index contributed by atoms with van der Waals surface area (Å²) < 4.78 is 38.7. The lowest BCUT2D eigenvalue weighted by Crippen LogP contribution is -2.42. The van der Waals surface area contributed by atoms with Crippen molar-refractivity contribution in [1.29, 1.82) is 5.26 Å². The molecule has 2 aliphatic rings. The van der Waals surface area contributed by atoms with Gasteiger partial charge in [0.25, 0.3) is 0 Å². The van der Waals surface area contributed by atoms with Crippen molar-refractivity contribution in [2.75, 3.05) is 28.7 Å². The van der Waals surface area contributed by atoms with Crippen LogP contribution in [0.25, 0.3) is 21.9 Å². The minimum atomic E-state index is -0.891. The van der Waals surface area contributed by atoms with E-state index < -0.39 is 41.4 Å². The van der Waals surface area contributed by atoms with Crippen LogP contribution < -0.4 is 20.3 Å².